The number of aromatic nitrogens is 1. The van der Waals surface area contributed by atoms with Gasteiger partial charge in [0.1, 0.15) is 5.82 Å². The number of halogens is 1. The summed E-state index contributed by atoms with van der Waals surface area (Å²) in [4.78, 5) is 3.97. The third-order valence-electron chi connectivity index (χ3n) is 1.60. The first-order valence-corrected chi connectivity index (χ1v) is 3.70. The summed E-state index contributed by atoms with van der Waals surface area (Å²) in [7, 11) is 0. The van der Waals surface area contributed by atoms with Crippen LogP contribution < -0.4 is 11.3 Å². The number of aliphatic hydroxyl groups is 1. The molecule has 0 saturated carbocycles. The first-order valence-electron chi connectivity index (χ1n) is 3.70. The summed E-state index contributed by atoms with van der Waals surface area (Å²) < 4.78 is 0. The first kappa shape index (κ1) is 15.6. The van der Waals surface area contributed by atoms with E-state index in [9.17, 15) is 5.11 Å². The monoisotopic (exact) mass is 221 g/mol. The standard InChI is InChI=1S/C8H13N3O.ClH.H2O/c1-8(2,12)6-4-3-5-10-7(6)11-9;;/h3-5,12H,9H2,1-2H3,(H,10,11);1H;1H2. The van der Waals surface area contributed by atoms with Crippen LogP contribution in [0.4, 0.5) is 5.82 Å². The van der Waals surface area contributed by atoms with Crippen LogP contribution in [0, 0.1) is 0 Å². The largest absolute Gasteiger partial charge is 0.412 e. The number of nitrogens with two attached hydrogens (primary N) is 1. The van der Waals surface area contributed by atoms with E-state index in [0.29, 0.717) is 11.4 Å². The van der Waals surface area contributed by atoms with E-state index >= 15 is 0 Å². The Kier molecular flexibility index (Phi) is 6.42. The van der Waals surface area contributed by atoms with Gasteiger partial charge in [0, 0.05) is 11.8 Å². The Balaban J connectivity index is 0. The van der Waals surface area contributed by atoms with Crippen molar-refractivity contribution < 1.29 is 10.6 Å². The van der Waals surface area contributed by atoms with Gasteiger partial charge in [-0.1, -0.05) is 6.07 Å². The van der Waals surface area contributed by atoms with Crippen molar-refractivity contribution in [1.29, 1.82) is 0 Å². The maximum absolute atomic E-state index is 9.67. The Labute approximate surface area is 89.0 Å². The molecule has 0 aromatic carbocycles. The zero-order chi connectivity index (χ0) is 9.19. The topological polar surface area (TPSA) is 103 Å². The number of anilines is 1. The van der Waals surface area contributed by atoms with E-state index in [1.165, 1.54) is 0 Å². The highest BCUT2D eigenvalue weighted by Crippen LogP contribution is 2.24. The average Bonchev–Trinajstić information content (AvgIpc) is 2.03. The van der Waals surface area contributed by atoms with Gasteiger partial charge in [-0.3, -0.25) is 0 Å². The normalized spacial score (nSPS) is 9.71. The highest BCUT2D eigenvalue weighted by Gasteiger charge is 2.19. The smallest absolute Gasteiger partial charge is 0.145 e. The Bertz CT molecular complexity index is 276. The fourth-order valence-corrected chi connectivity index (χ4v) is 1.01. The number of nitrogens with zero attached hydrogens (tertiary/aromatic N) is 1. The lowest BCUT2D eigenvalue weighted by atomic mass is 9.99. The molecule has 14 heavy (non-hydrogen) atoms. The van der Waals surface area contributed by atoms with Crippen molar-refractivity contribution in [2.45, 2.75) is 19.4 Å². The Morgan fingerprint density at radius 3 is 2.43 bits per heavy atom. The predicted octanol–water partition coefficient (Wildman–Crippen LogP) is 0.192. The minimum absolute atomic E-state index is 0. The molecule has 0 atom stereocenters. The number of nitrogens with one attached hydrogen (secondary N) is 1. The molecule has 82 valence electrons. The third-order valence-corrected chi connectivity index (χ3v) is 1.60. The number of hydrogen-bond donors (Lipinski definition) is 3. The first-order chi connectivity index (χ1) is 5.55. The molecule has 1 heterocycles. The molecule has 0 aliphatic heterocycles. The molecule has 6 heteroatoms. The van der Waals surface area contributed by atoms with Gasteiger partial charge in [0.2, 0.25) is 0 Å². The van der Waals surface area contributed by atoms with Crippen LogP contribution >= 0.6 is 12.4 Å². The summed E-state index contributed by atoms with van der Waals surface area (Å²) in [6.07, 6.45) is 1.62. The molecule has 1 aromatic rings. The van der Waals surface area contributed by atoms with Gasteiger partial charge in [-0.25, -0.2) is 10.8 Å². The van der Waals surface area contributed by atoms with Gasteiger partial charge in [-0.05, 0) is 19.9 Å². The van der Waals surface area contributed by atoms with Crippen LogP contribution in [0.15, 0.2) is 18.3 Å². The number of nitrogen functional groups attached to an aromatic ring is 1. The van der Waals surface area contributed by atoms with E-state index in [-0.39, 0.29) is 17.9 Å². The third kappa shape index (κ3) is 3.47. The second-order valence-corrected chi connectivity index (χ2v) is 3.10. The fraction of sp³-hybridized carbons (Fsp3) is 0.375. The summed E-state index contributed by atoms with van der Waals surface area (Å²) in [5.41, 5.74) is 2.20. The molecule has 0 aliphatic carbocycles. The van der Waals surface area contributed by atoms with Crippen LogP contribution in [-0.4, -0.2) is 15.6 Å². The van der Waals surface area contributed by atoms with Crippen LogP contribution in [0.2, 0.25) is 0 Å². The molecule has 0 amide bonds. The minimum atomic E-state index is -0.921. The highest BCUT2D eigenvalue weighted by molar-refractivity contribution is 5.85. The summed E-state index contributed by atoms with van der Waals surface area (Å²) >= 11 is 0. The Morgan fingerprint density at radius 1 is 1.50 bits per heavy atom. The summed E-state index contributed by atoms with van der Waals surface area (Å²) in [5, 5.41) is 9.67. The van der Waals surface area contributed by atoms with E-state index in [4.69, 9.17) is 5.84 Å². The van der Waals surface area contributed by atoms with Gasteiger partial charge in [0.25, 0.3) is 0 Å². The van der Waals surface area contributed by atoms with Crippen molar-refractivity contribution in [3.05, 3.63) is 23.9 Å². The molecular formula is C8H16ClN3O2. The molecule has 1 aromatic heterocycles. The van der Waals surface area contributed by atoms with E-state index in [2.05, 4.69) is 10.4 Å². The van der Waals surface area contributed by atoms with Crippen LogP contribution in [0.5, 0.6) is 0 Å². The van der Waals surface area contributed by atoms with Crippen molar-refractivity contribution in [3.8, 4) is 0 Å². The summed E-state index contributed by atoms with van der Waals surface area (Å²) in [6, 6.07) is 3.54. The maximum atomic E-state index is 9.67. The molecule has 1 rings (SSSR count). The van der Waals surface area contributed by atoms with E-state index in [0.717, 1.165) is 0 Å². The number of hydrazine groups is 1. The van der Waals surface area contributed by atoms with Gasteiger partial charge in [-0.2, -0.15) is 0 Å². The zero-order valence-corrected chi connectivity index (χ0v) is 8.93. The molecule has 0 bridgehead atoms. The van der Waals surface area contributed by atoms with Gasteiger partial charge in [0.05, 0.1) is 5.60 Å². The maximum Gasteiger partial charge on any atom is 0.145 e. The predicted molar refractivity (Wildman–Crippen MR) is 58.2 cm³/mol. The number of rotatable bonds is 2. The molecule has 0 fully saturated rings. The molecule has 6 N–H and O–H groups in total. The highest BCUT2D eigenvalue weighted by atomic mass is 35.5. The second-order valence-electron chi connectivity index (χ2n) is 3.10. The van der Waals surface area contributed by atoms with Crippen molar-refractivity contribution >= 4 is 18.2 Å². The Morgan fingerprint density at radius 2 is 2.07 bits per heavy atom. The zero-order valence-electron chi connectivity index (χ0n) is 8.11. The van der Waals surface area contributed by atoms with E-state index in [1.54, 1.807) is 32.2 Å². The SMILES string of the molecule is CC(C)(O)c1cccnc1NN.Cl.O. The molecule has 5 nitrogen and oxygen atoms in total. The van der Waals surface area contributed by atoms with Gasteiger partial charge in [-0.15, -0.1) is 12.4 Å². The molecular weight excluding hydrogens is 206 g/mol. The van der Waals surface area contributed by atoms with Crippen LogP contribution in [-0.2, 0) is 5.60 Å². The lowest BCUT2D eigenvalue weighted by Crippen LogP contribution is -2.21. The van der Waals surface area contributed by atoms with Crippen LogP contribution in [0.1, 0.15) is 19.4 Å². The molecule has 0 unspecified atom stereocenters. The van der Waals surface area contributed by atoms with Gasteiger partial charge in [0.15, 0.2) is 0 Å². The van der Waals surface area contributed by atoms with Crippen LogP contribution in [0.3, 0.4) is 0 Å². The minimum Gasteiger partial charge on any atom is -0.412 e. The van der Waals surface area contributed by atoms with E-state index < -0.39 is 5.60 Å². The average molecular weight is 222 g/mol. The van der Waals surface area contributed by atoms with Crippen molar-refractivity contribution in [2.24, 2.45) is 5.84 Å². The van der Waals surface area contributed by atoms with Crippen molar-refractivity contribution in [3.63, 3.8) is 0 Å². The van der Waals surface area contributed by atoms with Crippen LogP contribution in [0.25, 0.3) is 0 Å². The molecule has 0 spiro atoms. The molecule has 0 aliphatic rings. The van der Waals surface area contributed by atoms with Crippen molar-refractivity contribution in [2.75, 3.05) is 5.43 Å². The summed E-state index contributed by atoms with van der Waals surface area (Å²) in [6.45, 7) is 3.37. The molecule has 0 saturated heterocycles. The summed E-state index contributed by atoms with van der Waals surface area (Å²) in [5.74, 6) is 5.73. The van der Waals surface area contributed by atoms with Crippen molar-refractivity contribution in [1.82, 2.24) is 4.98 Å². The lowest BCUT2D eigenvalue weighted by molar-refractivity contribution is 0.0790. The quantitative estimate of drug-likeness (QED) is 0.490. The lowest BCUT2D eigenvalue weighted by Gasteiger charge is -2.19. The Hall–Kier alpha value is -0.880. The number of pyridine rings is 1. The number of hydrogen-bond acceptors (Lipinski definition) is 4. The fourth-order valence-electron chi connectivity index (χ4n) is 1.01. The van der Waals surface area contributed by atoms with Gasteiger partial charge < -0.3 is 16.0 Å². The van der Waals surface area contributed by atoms with E-state index in [1.807, 2.05) is 0 Å². The second kappa shape index (κ2) is 5.77. The van der Waals surface area contributed by atoms with Gasteiger partial charge >= 0.3 is 0 Å². The molecule has 0 radical (unpaired) electrons.